The Bertz CT molecular complexity index is 578. The van der Waals surface area contributed by atoms with Crippen LogP contribution < -0.4 is 0 Å². The van der Waals surface area contributed by atoms with Crippen LogP contribution in [0.25, 0.3) is 0 Å². The normalized spacial score (nSPS) is 19.6. The summed E-state index contributed by atoms with van der Waals surface area (Å²) in [5.41, 5.74) is 1.52. The van der Waals surface area contributed by atoms with E-state index in [1.807, 2.05) is 6.08 Å². The van der Waals surface area contributed by atoms with Crippen LogP contribution in [0.15, 0.2) is 24.3 Å². The van der Waals surface area contributed by atoms with Crippen molar-refractivity contribution >= 4 is 12.2 Å². The summed E-state index contributed by atoms with van der Waals surface area (Å²) in [5.74, 6) is 0.670. The van der Waals surface area contributed by atoms with E-state index >= 15 is 0 Å². The third-order valence-corrected chi connectivity index (χ3v) is 7.47. The fourth-order valence-corrected chi connectivity index (χ4v) is 5.39. The second-order valence-electron chi connectivity index (χ2n) is 10.0. The van der Waals surface area contributed by atoms with Crippen LogP contribution in [0.4, 0.5) is 0 Å². The number of aldehydes is 1. The number of amides is 1. The van der Waals surface area contributed by atoms with Gasteiger partial charge in [0.2, 0.25) is 0 Å². The van der Waals surface area contributed by atoms with Gasteiger partial charge in [-0.25, -0.2) is 4.79 Å². The SMILES string of the molecule is C=CC(CCC=O)[N+](CC)(C[C@@H](C)CCCC/C(C)=C/CCN1CCCCCC1)C(C)=O. The van der Waals surface area contributed by atoms with Crippen molar-refractivity contribution in [2.45, 2.75) is 104 Å². The monoisotopic (exact) mass is 447 g/mol. The average Bonchev–Trinajstić information content (AvgIpc) is 3.05. The molecule has 0 aliphatic carbocycles. The largest absolute Gasteiger partial charge is 0.311 e. The summed E-state index contributed by atoms with van der Waals surface area (Å²) in [5, 5.41) is 0. The van der Waals surface area contributed by atoms with Gasteiger partial charge in [0.25, 0.3) is 0 Å². The van der Waals surface area contributed by atoms with Gasteiger partial charge in [-0.2, -0.15) is 0 Å². The number of unbranched alkanes of at least 4 members (excludes halogenated alkanes) is 1. The van der Waals surface area contributed by atoms with E-state index in [0.717, 1.165) is 25.8 Å². The van der Waals surface area contributed by atoms with E-state index in [1.165, 1.54) is 76.6 Å². The van der Waals surface area contributed by atoms with E-state index in [9.17, 15) is 9.59 Å². The minimum Gasteiger partial charge on any atom is -0.303 e. The van der Waals surface area contributed by atoms with E-state index < -0.39 is 0 Å². The molecule has 184 valence electrons. The second-order valence-corrected chi connectivity index (χ2v) is 10.0. The lowest BCUT2D eigenvalue weighted by molar-refractivity contribution is -0.874. The molecule has 1 amide bonds. The number of hydrogen-bond donors (Lipinski definition) is 0. The number of likely N-dealkylation sites (N-methyl/N-ethyl adjacent to an activating group) is 1. The molecule has 1 heterocycles. The Morgan fingerprint density at radius 3 is 2.31 bits per heavy atom. The Labute approximate surface area is 198 Å². The first-order chi connectivity index (χ1) is 15.4. The van der Waals surface area contributed by atoms with Crippen LogP contribution >= 0.6 is 0 Å². The topological polar surface area (TPSA) is 37.4 Å². The Morgan fingerprint density at radius 1 is 1.06 bits per heavy atom. The number of likely N-dealkylation sites (tertiary alicyclic amines) is 1. The third kappa shape index (κ3) is 10.1. The van der Waals surface area contributed by atoms with Crippen LogP contribution in [-0.2, 0) is 9.59 Å². The molecule has 1 aliphatic heterocycles. The first-order valence-corrected chi connectivity index (χ1v) is 13.2. The van der Waals surface area contributed by atoms with Crippen molar-refractivity contribution in [3.63, 3.8) is 0 Å². The van der Waals surface area contributed by atoms with Crippen molar-refractivity contribution in [1.29, 1.82) is 0 Å². The van der Waals surface area contributed by atoms with Gasteiger partial charge in [-0.1, -0.05) is 44.4 Å². The zero-order chi connectivity index (χ0) is 23.8. The van der Waals surface area contributed by atoms with Gasteiger partial charge in [0.1, 0.15) is 12.3 Å². The smallest absolute Gasteiger partial charge is 0.303 e. The molecule has 1 aliphatic rings. The summed E-state index contributed by atoms with van der Waals surface area (Å²) in [6, 6.07) is 0.0273. The lowest BCUT2D eigenvalue weighted by Gasteiger charge is -2.41. The van der Waals surface area contributed by atoms with Gasteiger partial charge >= 0.3 is 5.91 Å². The highest BCUT2D eigenvalue weighted by molar-refractivity contribution is 5.66. The van der Waals surface area contributed by atoms with Crippen molar-refractivity contribution < 1.29 is 14.1 Å². The van der Waals surface area contributed by atoms with Crippen LogP contribution in [0.3, 0.4) is 0 Å². The number of allylic oxidation sites excluding steroid dienone is 1. The van der Waals surface area contributed by atoms with Crippen LogP contribution in [0.5, 0.6) is 0 Å². The summed E-state index contributed by atoms with van der Waals surface area (Å²) in [7, 11) is 0. The van der Waals surface area contributed by atoms with Gasteiger partial charge < -0.3 is 9.69 Å². The van der Waals surface area contributed by atoms with Crippen molar-refractivity contribution in [3.05, 3.63) is 24.3 Å². The summed E-state index contributed by atoms with van der Waals surface area (Å²) in [4.78, 5) is 26.2. The lowest BCUT2D eigenvalue weighted by Crippen LogP contribution is -2.59. The molecule has 1 saturated heterocycles. The quantitative estimate of drug-likeness (QED) is 0.120. The molecule has 0 aromatic carbocycles. The highest BCUT2D eigenvalue weighted by Gasteiger charge is 2.39. The third-order valence-electron chi connectivity index (χ3n) is 7.47. The number of nitrogens with zero attached hydrogens (tertiary/aromatic N) is 2. The Hall–Kier alpha value is -1.26. The van der Waals surface area contributed by atoms with Crippen molar-refractivity contribution in [3.8, 4) is 0 Å². The van der Waals surface area contributed by atoms with Crippen molar-refractivity contribution in [1.82, 2.24) is 4.90 Å². The zero-order valence-corrected chi connectivity index (χ0v) is 21.6. The van der Waals surface area contributed by atoms with Crippen LogP contribution in [-0.4, -0.2) is 60.3 Å². The van der Waals surface area contributed by atoms with Crippen LogP contribution in [0.1, 0.15) is 98.3 Å². The van der Waals surface area contributed by atoms with Crippen molar-refractivity contribution in [2.75, 3.05) is 32.7 Å². The highest BCUT2D eigenvalue weighted by Crippen LogP contribution is 2.25. The standard InChI is InChI=1S/C28H51N2O2/c1-6-28(19-15-23-31)30(7-2,27(5)32)24-26(4)17-11-10-16-25(3)18-14-22-29-20-12-8-9-13-21-29/h6,18,23,26,28H,1,7-17,19-22,24H2,2-5H3/q+1/b25-18+/t26-,28?,30?/m0/s1. The highest BCUT2D eigenvalue weighted by atomic mass is 16.2. The molecule has 0 spiro atoms. The summed E-state index contributed by atoms with van der Waals surface area (Å²) in [6.45, 7) is 17.7. The fraction of sp³-hybridized carbons (Fsp3) is 0.786. The fourth-order valence-electron chi connectivity index (χ4n) is 5.39. The molecule has 32 heavy (non-hydrogen) atoms. The minimum absolute atomic E-state index is 0.0273. The molecule has 0 aromatic heterocycles. The van der Waals surface area contributed by atoms with Gasteiger partial charge in [-0.15, -0.1) is 0 Å². The molecule has 3 atom stereocenters. The molecule has 0 aromatic rings. The first kappa shape index (κ1) is 28.8. The summed E-state index contributed by atoms with van der Waals surface area (Å²) in [6.07, 6.45) is 18.0. The van der Waals surface area contributed by atoms with Gasteiger partial charge in [0, 0.05) is 25.3 Å². The molecule has 0 radical (unpaired) electrons. The van der Waals surface area contributed by atoms with Gasteiger partial charge in [-0.05, 0) is 71.5 Å². The Balaban J connectivity index is 2.42. The number of carbonyl (C=O) groups is 2. The van der Waals surface area contributed by atoms with Gasteiger partial charge in [0.15, 0.2) is 0 Å². The molecule has 2 unspecified atom stereocenters. The second kappa shape index (κ2) is 16.4. The summed E-state index contributed by atoms with van der Waals surface area (Å²) >= 11 is 0. The number of quaternary nitrogens is 1. The van der Waals surface area contributed by atoms with E-state index in [0.29, 0.717) is 23.2 Å². The molecule has 0 saturated carbocycles. The number of rotatable bonds is 16. The molecule has 1 fully saturated rings. The Kier molecular flexibility index (Phi) is 14.7. The van der Waals surface area contributed by atoms with Gasteiger partial charge in [0.05, 0.1) is 20.0 Å². The van der Waals surface area contributed by atoms with Crippen LogP contribution in [0, 0.1) is 5.92 Å². The maximum absolute atomic E-state index is 12.7. The van der Waals surface area contributed by atoms with Crippen LogP contribution in [0.2, 0.25) is 0 Å². The van der Waals surface area contributed by atoms with Crippen molar-refractivity contribution in [2.24, 2.45) is 5.92 Å². The molecular weight excluding hydrogens is 396 g/mol. The maximum Gasteiger partial charge on any atom is 0.311 e. The number of carbonyl (C=O) groups excluding carboxylic acids is 2. The zero-order valence-electron chi connectivity index (χ0n) is 21.6. The minimum atomic E-state index is 0.0273. The molecule has 4 nitrogen and oxygen atoms in total. The lowest BCUT2D eigenvalue weighted by atomic mass is 9.97. The Morgan fingerprint density at radius 2 is 1.75 bits per heavy atom. The number of hydrogen-bond acceptors (Lipinski definition) is 3. The molecule has 1 rings (SSSR count). The maximum atomic E-state index is 12.7. The van der Waals surface area contributed by atoms with E-state index in [2.05, 4.69) is 38.3 Å². The van der Waals surface area contributed by atoms with E-state index in [1.54, 1.807) is 6.92 Å². The molecule has 0 N–H and O–H groups in total. The van der Waals surface area contributed by atoms with Gasteiger partial charge in [-0.3, -0.25) is 4.48 Å². The van der Waals surface area contributed by atoms with E-state index in [-0.39, 0.29) is 11.9 Å². The predicted octanol–water partition coefficient (Wildman–Crippen LogP) is 6.31. The molecule has 4 heteroatoms. The first-order valence-electron chi connectivity index (χ1n) is 13.2. The molecule has 0 bridgehead atoms. The predicted molar refractivity (Wildman–Crippen MR) is 137 cm³/mol. The summed E-state index contributed by atoms with van der Waals surface area (Å²) < 4.78 is 0.425. The average molecular weight is 448 g/mol. The van der Waals surface area contributed by atoms with E-state index in [4.69, 9.17) is 0 Å². The molecular formula is C28H51N2O2+.